The summed E-state index contributed by atoms with van der Waals surface area (Å²) >= 11 is 0. The van der Waals surface area contributed by atoms with Crippen molar-refractivity contribution < 1.29 is 4.79 Å². The summed E-state index contributed by atoms with van der Waals surface area (Å²) < 4.78 is 0. The Balaban J connectivity index is 1.39. The summed E-state index contributed by atoms with van der Waals surface area (Å²) in [5.74, 6) is 0.970. The van der Waals surface area contributed by atoms with E-state index in [1.54, 1.807) is 0 Å². The van der Waals surface area contributed by atoms with E-state index in [2.05, 4.69) is 59.2 Å². The minimum absolute atomic E-state index is 0.127. The van der Waals surface area contributed by atoms with Gasteiger partial charge in [0.1, 0.15) is 0 Å². The normalized spacial score (nSPS) is 21.4. The van der Waals surface area contributed by atoms with Crippen LogP contribution in [0.5, 0.6) is 0 Å². The van der Waals surface area contributed by atoms with Crippen molar-refractivity contribution in [3.8, 4) is 0 Å². The first kappa shape index (κ1) is 19.1. The Morgan fingerprint density at radius 2 is 2.00 bits per heavy atom. The zero-order valence-electron chi connectivity index (χ0n) is 17.6. The zero-order chi connectivity index (χ0) is 20.5. The Morgan fingerprint density at radius 3 is 2.90 bits per heavy atom. The van der Waals surface area contributed by atoms with E-state index in [0.29, 0.717) is 13.1 Å². The summed E-state index contributed by atoms with van der Waals surface area (Å²) in [6, 6.07) is 8.30. The van der Waals surface area contributed by atoms with Gasteiger partial charge < -0.3 is 4.90 Å². The molecule has 1 amide bonds. The second-order valence-electron chi connectivity index (χ2n) is 8.34. The molecule has 0 saturated heterocycles. The van der Waals surface area contributed by atoms with Crippen LogP contribution >= 0.6 is 0 Å². The van der Waals surface area contributed by atoms with Crippen LogP contribution in [0.25, 0.3) is 0 Å². The summed E-state index contributed by atoms with van der Waals surface area (Å²) in [6.45, 7) is 6.91. The molecular weight excluding hydrogens is 372 g/mol. The van der Waals surface area contributed by atoms with Crippen LogP contribution in [0.1, 0.15) is 24.0 Å². The van der Waals surface area contributed by atoms with Gasteiger partial charge in [0.2, 0.25) is 5.96 Å². The van der Waals surface area contributed by atoms with Gasteiger partial charge in [-0.2, -0.15) is 0 Å². The number of hydrogen-bond donors (Lipinski definition) is 0. The number of fused-ring (bicyclic) bond motifs is 2. The molecule has 0 atom stereocenters. The summed E-state index contributed by atoms with van der Waals surface area (Å²) in [7, 11) is 0. The van der Waals surface area contributed by atoms with E-state index in [-0.39, 0.29) is 5.91 Å². The van der Waals surface area contributed by atoms with Crippen molar-refractivity contribution in [3.05, 3.63) is 82.6 Å². The van der Waals surface area contributed by atoms with Gasteiger partial charge in [-0.15, -0.1) is 0 Å². The molecule has 5 heteroatoms. The van der Waals surface area contributed by atoms with Crippen molar-refractivity contribution >= 4 is 11.9 Å². The van der Waals surface area contributed by atoms with Crippen molar-refractivity contribution in [2.45, 2.75) is 26.3 Å². The van der Waals surface area contributed by atoms with Gasteiger partial charge in [-0.1, -0.05) is 54.6 Å². The number of carbonyl (C=O) groups is 1. The molecule has 0 bridgehead atoms. The van der Waals surface area contributed by atoms with E-state index in [0.717, 1.165) is 50.6 Å². The first-order valence-electron chi connectivity index (χ1n) is 10.9. The van der Waals surface area contributed by atoms with Crippen LogP contribution in [0.4, 0.5) is 0 Å². The Bertz CT molecular complexity index is 1010. The number of carbonyl (C=O) groups excluding carboxylic acids is 1. The third kappa shape index (κ3) is 3.54. The second kappa shape index (κ2) is 8.07. The van der Waals surface area contributed by atoms with Gasteiger partial charge in [-0.25, -0.2) is 0 Å². The van der Waals surface area contributed by atoms with Gasteiger partial charge in [0.05, 0.1) is 18.7 Å². The third-order valence-electron chi connectivity index (χ3n) is 6.35. The molecule has 4 aliphatic rings. The molecule has 0 spiro atoms. The van der Waals surface area contributed by atoms with E-state index in [1.807, 2.05) is 17.0 Å². The highest BCUT2D eigenvalue weighted by molar-refractivity contribution is 6.09. The number of benzene rings is 1. The van der Waals surface area contributed by atoms with Crippen LogP contribution < -0.4 is 0 Å². The Hall–Kier alpha value is -2.92. The van der Waals surface area contributed by atoms with Crippen LogP contribution in [-0.2, 0) is 11.3 Å². The SMILES string of the molecule is Cc1ccccc1CN1C(=O)C2=C(CCN(CC3=CCC=CC=C3)C2)N2CCN=C12. The molecule has 0 aromatic heterocycles. The third-order valence-corrected chi connectivity index (χ3v) is 6.35. The highest BCUT2D eigenvalue weighted by Gasteiger charge is 2.41. The number of allylic oxidation sites excluding steroid dienone is 4. The molecule has 0 N–H and O–H groups in total. The van der Waals surface area contributed by atoms with E-state index in [1.165, 1.54) is 22.4 Å². The van der Waals surface area contributed by atoms with Gasteiger partial charge in [-0.3, -0.25) is 19.6 Å². The Kier molecular flexibility index (Phi) is 5.13. The van der Waals surface area contributed by atoms with Crippen molar-refractivity contribution in [2.75, 3.05) is 32.7 Å². The Morgan fingerprint density at radius 1 is 1.10 bits per heavy atom. The van der Waals surface area contributed by atoms with E-state index in [4.69, 9.17) is 4.99 Å². The molecule has 3 aliphatic heterocycles. The number of aryl methyl sites for hydroxylation is 1. The molecule has 0 fully saturated rings. The maximum absolute atomic E-state index is 13.6. The minimum atomic E-state index is 0.127. The fourth-order valence-electron chi connectivity index (χ4n) is 4.71. The maximum Gasteiger partial charge on any atom is 0.259 e. The molecule has 0 saturated carbocycles. The van der Waals surface area contributed by atoms with Crippen LogP contribution in [0.3, 0.4) is 0 Å². The molecule has 30 heavy (non-hydrogen) atoms. The standard InChI is InChI=1S/C25H28N4O/c1-19-8-6-7-11-21(19)17-29-24(30)22-18-27(16-20-9-4-2-3-5-10-20)14-12-23(22)28-15-13-26-25(28)29/h2-4,6-11H,5,12-18H2,1H3. The fourth-order valence-corrected chi connectivity index (χ4v) is 4.71. The van der Waals surface area contributed by atoms with Crippen LogP contribution in [0, 0.1) is 6.92 Å². The number of nitrogens with zero attached hydrogens (tertiary/aromatic N) is 4. The molecule has 5 nitrogen and oxygen atoms in total. The molecule has 5 rings (SSSR count). The first-order valence-corrected chi connectivity index (χ1v) is 10.9. The number of amides is 1. The van der Waals surface area contributed by atoms with Crippen LogP contribution in [0.2, 0.25) is 0 Å². The first-order chi connectivity index (χ1) is 14.7. The predicted octanol–water partition coefficient (Wildman–Crippen LogP) is 3.41. The largest absolute Gasteiger partial charge is 0.314 e. The lowest BCUT2D eigenvalue weighted by atomic mass is 9.99. The van der Waals surface area contributed by atoms with Gasteiger partial charge in [-0.05, 0) is 30.0 Å². The van der Waals surface area contributed by atoms with Crippen LogP contribution in [-0.4, -0.2) is 59.3 Å². The molecule has 3 heterocycles. The minimum Gasteiger partial charge on any atom is -0.314 e. The highest BCUT2D eigenvalue weighted by atomic mass is 16.2. The number of guanidine groups is 1. The van der Waals surface area contributed by atoms with Gasteiger partial charge >= 0.3 is 0 Å². The molecule has 0 unspecified atom stereocenters. The van der Waals surface area contributed by atoms with E-state index in [9.17, 15) is 4.79 Å². The molecule has 1 aliphatic carbocycles. The second-order valence-corrected chi connectivity index (χ2v) is 8.34. The monoisotopic (exact) mass is 400 g/mol. The predicted molar refractivity (Wildman–Crippen MR) is 120 cm³/mol. The van der Waals surface area contributed by atoms with Crippen LogP contribution in [0.15, 0.2) is 76.5 Å². The molecular formula is C25H28N4O. The highest BCUT2D eigenvalue weighted by Crippen LogP contribution is 2.32. The van der Waals surface area contributed by atoms with Crippen molar-refractivity contribution in [1.29, 1.82) is 0 Å². The molecule has 0 radical (unpaired) electrons. The van der Waals surface area contributed by atoms with Gasteiger partial charge in [0.15, 0.2) is 0 Å². The zero-order valence-corrected chi connectivity index (χ0v) is 17.6. The summed E-state index contributed by atoms with van der Waals surface area (Å²) in [4.78, 5) is 24.9. The lowest BCUT2D eigenvalue weighted by molar-refractivity contribution is -0.125. The number of hydrogen-bond acceptors (Lipinski definition) is 4. The smallest absolute Gasteiger partial charge is 0.259 e. The number of rotatable bonds is 4. The summed E-state index contributed by atoms with van der Waals surface area (Å²) in [5, 5.41) is 0. The summed E-state index contributed by atoms with van der Waals surface area (Å²) in [6.07, 6.45) is 12.7. The summed E-state index contributed by atoms with van der Waals surface area (Å²) in [5.41, 5.74) is 5.86. The molecule has 1 aromatic carbocycles. The van der Waals surface area contributed by atoms with Gasteiger partial charge in [0, 0.05) is 38.3 Å². The average Bonchev–Trinajstić information content (AvgIpc) is 3.10. The van der Waals surface area contributed by atoms with Crippen molar-refractivity contribution in [3.63, 3.8) is 0 Å². The average molecular weight is 401 g/mol. The van der Waals surface area contributed by atoms with Crippen molar-refractivity contribution in [2.24, 2.45) is 4.99 Å². The maximum atomic E-state index is 13.6. The Labute approximate surface area is 178 Å². The van der Waals surface area contributed by atoms with Crippen molar-refractivity contribution in [1.82, 2.24) is 14.7 Å². The lowest BCUT2D eigenvalue weighted by Crippen LogP contribution is -2.53. The molecule has 154 valence electrons. The fraction of sp³-hybridized carbons (Fsp3) is 0.360. The van der Waals surface area contributed by atoms with E-state index < -0.39 is 0 Å². The lowest BCUT2D eigenvalue weighted by Gasteiger charge is -2.42. The van der Waals surface area contributed by atoms with E-state index >= 15 is 0 Å². The number of aliphatic imine (C=N–C) groups is 1. The quantitative estimate of drug-likeness (QED) is 0.778. The van der Waals surface area contributed by atoms with Gasteiger partial charge in [0.25, 0.3) is 5.91 Å². The topological polar surface area (TPSA) is 39.2 Å². The molecule has 1 aromatic rings.